The molecule has 0 aliphatic carbocycles. The van der Waals surface area contributed by atoms with Crippen LogP contribution >= 0.6 is 27.3 Å². The zero-order valence-electron chi connectivity index (χ0n) is 27.4. The fourth-order valence-corrected chi connectivity index (χ4v) is 7.88. The van der Waals surface area contributed by atoms with Gasteiger partial charge in [-0.1, -0.05) is 40.6 Å². The third-order valence-corrected chi connectivity index (χ3v) is 10.1. The summed E-state index contributed by atoms with van der Waals surface area (Å²) in [7, 11) is 0. The van der Waals surface area contributed by atoms with Crippen LogP contribution in [0.5, 0.6) is 0 Å². The molecule has 0 saturated carbocycles. The third-order valence-electron chi connectivity index (χ3n) is 8.70. The SMILES string of the molecule is CCC[C@@H]1CCCN1Cc1sc(NC(=O)c2cnc(N3CCN(CCC(=O)OCC)C[C@H]3C)cn2)nc1-c1cc(Br)cc(C(F)(F)F)c1. The van der Waals surface area contributed by atoms with Crippen molar-refractivity contribution < 1.29 is 27.5 Å². The lowest BCUT2D eigenvalue weighted by molar-refractivity contribution is -0.143. The van der Waals surface area contributed by atoms with Gasteiger partial charge in [-0.3, -0.25) is 24.7 Å². The summed E-state index contributed by atoms with van der Waals surface area (Å²) < 4.78 is 46.5. The van der Waals surface area contributed by atoms with E-state index in [1.54, 1.807) is 19.2 Å². The van der Waals surface area contributed by atoms with E-state index in [1.165, 1.54) is 17.5 Å². The van der Waals surface area contributed by atoms with E-state index >= 15 is 0 Å². The highest BCUT2D eigenvalue weighted by Crippen LogP contribution is 2.39. The first-order valence-electron chi connectivity index (χ1n) is 16.3. The minimum absolute atomic E-state index is 0.0992. The van der Waals surface area contributed by atoms with Crippen LogP contribution in [0, 0.1) is 0 Å². The van der Waals surface area contributed by atoms with Crippen molar-refractivity contribution in [2.45, 2.75) is 77.7 Å². The zero-order chi connectivity index (χ0) is 34.4. The molecule has 2 aliphatic rings. The molecule has 10 nitrogen and oxygen atoms in total. The van der Waals surface area contributed by atoms with Gasteiger partial charge >= 0.3 is 12.1 Å². The molecular formula is C33H41BrF3N7O3S. The van der Waals surface area contributed by atoms with Crippen molar-refractivity contribution in [3.05, 3.63) is 51.2 Å². The molecule has 1 amide bonds. The van der Waals surface area contributed by atoms with Gasteiger partial charge in [-0.2, -0.15) is 13.2 Å². The molecule has 4 heterocycles. The molecule has 2 fully saturated rings. The Balaban J connectivity index is 1.30. The Bertz CT molecular complexity index is 1570. The highest BCUT2D eigenvalue weighted by atomic mass is 79.9. The Morgan fingerprint density at radius 3 is 2.62 bits per heavy atom. The van der Waals surface area contributed by atoms with Crippen LogP contribution in [0.4, 0.5) is 24.1 Å². The molecule has 2 saturated heterocycles. The second kappa shape index (κ2) is 16.0. The summed E-state index contributed by atoms with van der Waals surface area (Å²) in [6.45, 7) is 10.6. The first kappa shape index (κ1) is 36.1. The van der Waals surface area contributed by atoms with Gasteiger partial charge in [0.05, 0.1) is 36.7 Å². The normalized spacial score (nSPS) is 19.1. The molecule has 1 aromatic carbocycles. The molecule has 0 unspecified atom stereocenters. The van der Waals surface area contributed by atoms with Gasteiger partial charge in [0.2, 0.25) is 0 Å². The number of rotatable bonds is 12. The molecule has 15 heteroatoms. The fraction of sp³-hybridized carbons (Fsp3) is 0.545. The Hall–Kier alpha value is -3.14. The summed E-state index contributed by atoms with van der Waals surface area (Å²) >= 11 is 4.51. The first-order chi connectivity index (χ1) is 22.9. The van der Waals surface area contributed by atoms with Crippen molar-refractivity contribution in [1.82, 2.24) is 24.8 Å². The number of halogens is 4. The molecule has 2 aliphatic heterocycles. The number of ether oxygens (including phenoxy) is 1. The molecule has 260 valence electrons. The van der Waals surface area contributed by atoms with Crippen molar-refractivity contribution in [1.29, 1.82) is 0 Å². The van der Waals surface area contributed by atoms with E-state index in [2.05, 4.69) is 64.7 Å². The number of carbonyl (C=O) groups is 2. The number of benzene rings is 1. The van der Waals surface area contributed by atoms with Crippen molar-refractivity contribution in [2.75, 3.05) is 49.5 Å². The Morgan fingerprint density at radius 2 is 1.94 bits per heavy atom. The largest absolute Gasteiger partial charge is 0.466 e. The minimum atomic E-state index is -4.52. The van der Waals surface area contributed by atoms with Crippen LogP contribution in [0.1, 0.15) is 73.8 Å². The quantitative estimate of drug-likeness (QED) is 0.199. The van der Waals surface area contributed by atoms with Crippen LogP contribution in [0.25, 0.3) is 11.3 Å². The van der Waals surface area contributed by atoms with Crippen LogP contribution in [0.2, 0.25) is 0 Å². The molecule has 1 N–H and O–H groups in total. The number of likely N-dealkylation sites (tertiary alicyclic amines) is 1. The second-order valence-corrected chi connectivity index (χ2v) is 14.2. The first-order valence-corrected chi connectivity index (χ1v) is 18.0. The van der Waals surface area contributed by atoms with Gasteiger partial charge in [0.25, 0.3) is 5.91 Å². The summed E-state index contributed by atoms with van der Waals surface area (Å²) in [6, 6.07) is 4.29. The number of esters is 1. The smallest absolute Gasteiger partial charge is 0.416 e. The summed E-state index contributed by atoms with van der Waals surface area (Å²) in [6.07, 6.45) is 3.06. The van der Waals surface area contributed by atoms with Gasteiger partial charge < -0.3 is 9.64 Å². The molecule has 48 heavy (non-hydrogen) atoms. The number of alkyl halides is 3. The zero-order valence-corrected chi connectivity index (χ0v) is 29.8. The van der Waals surface area contributed by atoms with Crippen LogP contribution in [-0.2, 0) is 22.3 Å². The second-order valence-electron chi connectivity index (χ2n) is 12.2. The highest BCUT2D eigenvalue weighted by Gasteiger charge is 2.33. The van der Waals surface area contributed by atoms with Gasteiger partial charge in [0, 0.05) is 59.7 Å². The number of amides is 1. The number of hydrogen-bond donors (Lipinski definition) is 1. The predicted octanol–water partition coefficient (Wildman–Crippen LogP) is 6.86. The van der Waals surface area contributed by atoms with E-state index in [-0.39, 0.29) is 22.8 Å². The van der Waals surface area contributed by atoms with Gasteiger partial charge in [0.1, 0.15) is 11.5 Å². The van der Waals surface area contributed by atoms with E-state index in [1.807, 2.05) is 0 Å². The van der Waals surface area contributed by atoms with E-state index in [4.69, 9.17) is 4.74 Å². The van der Waals surface area contributed by atoms with E-state index < -0.39 is 17.6 Å². The Morgan fingerprint density at radius 1 is 1.12 bits per heavy atom. The molecule has 0 radical (unpaired) electrons. The summed E-state index contributed by atoms with van der Waals surface area (Å²) in [5.74, 6) is -0.0632. The molecule has 2 atom stereocenters. The van der Waals surface area contributed by atoms with Crippen LogP contribution in [0.3, 0.4) is 0 Å². The third kappa shape index (κ3) is 9.10. The van der Waals surface area contributed by atoms with Gasteiger partial charge in [0.15, 0.2) is 5.13 Å². The predicted molar refractivity (Wildman–Crippen MR) is 183 cm³/mol. The molecule has 3 aromatic rings. The van der Waals surface area contributed by atoms with Crippen LogP contribution < -0.4 is 10.2 Å². The van der Waals surface area contributed by atoms with E-state index in [9.17, 15) is 22.8 Å². The maximum Gasteiger partial charge on any atom is 0.416 e. The number of hydrogen-bond acceptors (Lipinski definition) is 10. The topological polar surface area (TPSA) is 104 Å². The summed E-state index contributed by atoms with van der Waals surface area (Å²) in [5, 5.41) is 3.09. The number of nitrogens with one attached hydrogen (secondary N) is 1. The average molecular weight is 753 g/mol. The number of aromatic nitrogens is 3. The fourth-order valence-electron chi connectivity index (χ4n) is 6.38. The number of anilines is 2. The van der Waals surface area contributed by atoms with Crippen molar-refractivity contribution in [3.63, 3.8) is 0 Å². The maximum atomic E-state index is 13.7. The van der Waals surface area contributed by atoms with Crippen molar-refractivity contribution in [2.24, 2.45) is 0 Å². The van der Waals surface area contributed by atoms with Crippen molar-refractivity contribution in [3.8, 4) is 11.3 Å². The maximum absolute atomic E-state index is 13.7. The average Bonchev–Trinajstić information content (AvgIpc) is 3.66. The van der Waals surface area contributed by atoms with E-state index in [0.29, 0.717) is 60.3 Å². The summed E-state index contributed by atoms with van der Waals surface area (Å²) in [5.41, 5.74) is 0.0707. The minimum Gasteiger partial charge on any atom is -0.466 e. The molecule has 5 rings (SSSR count). The molecular weight excluding hydrogens is 711 g/mol. The summed E-state index contributed by atoms with van der Waals surface area (Å²) in [4.78, 5) is 46.1. The number of carbonyl (C=O) groups excluding carboxylic acids is 2. The standard InChI is InChI=1S/C33H41BrF3N7O3S/c1-4-7-25-8-6-10-43(25)20-27-30(22-14-23(33(35,36)37)16-24(34)15-22)40-32(48-27)41-31(46)26-17-39-28(18-38-26)44-13-12-42(19-21(44)3)11-9-29(45)47-5-2/h14-18,21,25H,4-13,19-20H2,1-3H3,(H,40,41,46)/t21-,25-/m1/s1. The lowest BCUT2D eigenvalue weighted by Crippen LogP contribution is -2.52. The highest BCUT2D eigenvalue weighted by molar-refractivity contribution is 9.10. The lowest BCUT2D eigenvalue weighted by atomic mass is 10.1. The number of piperazine rings is 1. The molecule has 2 aromatic heterocycles. The van der Waals surface area contributed by atoms with Gasteiger partial charge in [-0.15, -0.1) is 0 Å². The van der Waals surface area contributed by atoms with E-state index in [0.717, 1.165) is 62.3 Å². The van der Waals surface area contributed by atoms with Gasteiger partial charge in [-0.25, -0.2) is 15.0 Å². The van der Waals surface area contributed by atoms with Crippen LogP contribution in [-0.4, -0.2) is 88.0 Å². The molecule has 0 spiro atoms. The number of nitrogens with zero attached hydrogens (tertiary/aromatic N) is 6. The Kier molecular flexibility index (Phi) is 12.1. The Labute approximate surface area is 291 Å². The monoisotopic (exact) mass is 751 g/mol. The lowest BCUT2D eigenvalue weighted by Gasteiger charge is -2.40. The number of thiazole rings is 1. The van der Waals surface area contributed by atoms with Gasteiger partial charge in [-0.05, 0) is 57.9 Å². The van der Waals surface area contributed by atoms with Crippen molar-refractivity contribution >= 4 is 50.1 Å². The van der Waals surface area contributed by atoms with Crippen LogP contribution in [0.15, 0.2) is 35.1 Å². The molecule has 0 bridgehead atoms.